The van der Waals surface area contributed by atoms with Crippen LogP contribution in [0.5, 0.6) is 0 Å². The van der Waals surface area contributed by atoms with Crippen LogP contribution >= 0.6 is 12.2 Å². The third-order valence-electron chi connectivity index (χ3n) is 1.84. The quantitative estimate of drug-likeness (QED) is 0.605. The molecule has 2 rings (SSSR count). The summed E-state index contributed by atoms with van der Waals surface area (Å²) in [6.45, 7) is 0. The molecule has 1 unspecified atom stereocenters. The van der Waals surface area contributed by atoms with Gasteiger partial charge in [-0.1, -0.05) is 6.08 Å². The molecule has 0 amide bonds. The van der Waals surface area contributed by atoms with Crippen molar-refractivity contribution in [3.05, 3.63) is 24.0 Å². The second-order valence-corrected chi connectivity index (χ2v) is 2.94. The Morgan fingerprint density at radius 2 is 2.50 bits per heavy atom. The molecule has 3 nitrogen and oxygen atoms in total. The van der Waals surface area contributed by atoms with Gasteiger partial charge in [-0.15, -0.1) is 0 Å². The average molecular weight is 180 g/mol. The summed E-state index contributed by atoms with van der Waals surface area (Å²) in [6.07, 6.45) is 5.74. The second-order valence-electron chi connectivity index (χ2n) is 2.55. The van der Waals surface area contributed by atoms with Gasteiger partial charge in [0.15, 0.2) is 5.11 Å². The number of fused-ring (bicyclic) bond motifs is 1. The van der Waals surface area contributed by atoms with Crippen molar-refractivity contribution in [2.75, 3.05) is 7.11 Å². The molecule has 0 saturated heterocycles. The number of rotatable bonds is 1. The summed E-state index contributed by atoms with van der Waals surface area (Å²) in [7, 11) is 1.64. The molecule has 2 aliphatic rings. The molecule has 0 aromatic heterocycles. The largest absolute Gasteiger partial charge is 0.498 e. The lowest BCUT2D eigenvalue weighted by Gasteiger charge is -2.16. The summed E-state index contributed by atoms with van der Waals surface area (Å²) < 4.78 is 5.16. The first-order valence-corrected chi connectivity index (χ1v) is 4.03. The number of hydrogen-bond acceptors (Lipinski definition) is 2. The van der Waals surface area contributed by atoms with Crippen LogP contribution in [0.3, 0.4) is 0 Å². The second kappa shape index (κ2) is 2.71. The van der Waals surface area contributed by atoms with Crippen molar-refractivity contribution in [3.63, 3.8) is 0 Å². The highest BCUT2D eigenvalue weighted by Gasteiger charge is 2.27. The maximum atomic E-state index is 5.16. The van der Waals surface area contributed by atoms with Crippen LogP contribution in [0, 0.1) is 0 Å². The molecule has 0 radical (unpaired) electrons. The molecule has 0 spiro atoms. The first kappa shape index (κ1) is 7.49. The first-order valence-electron chi connectivity index (χ1n) is 3.62. The predicted molar refractivity (Wildman–Crippen MR) is 51.2 cm³/mol. The van der Waals surface area contributed by atoms with Gasteiger partial charge in [-0.05, 0) is 24.4 Å². The Morgan fingerprint density at radius 3 is 3.25 bits per heavy atom. The fourth-order valence-electron chi connectivity index (χ4n) is 1.29. The van der Waals surface area contributed by atoms with E-state index in [0.717, 1.165) is 11.5 Å². The Bertz CT molecular complexity index is 317. The summed E-state index contributed by atoms with van der Waals surface area (Å²) in [5.74, 6) is 0.858. The van der Waals surface area contributed by atoms with Gasteiger partial charge in [0, 0.05) is 0 Å². The highest BCUT2D eigenvalue weighted by Crippen LogP contribution is 2.16. The molecule has 0 bridgehead atoms. The van der Waals surface area contributed by atoms with Gasteiger partial charge in [-0.3, -0.25) is 0 Å². The zero-order chi connectivity index (χ0) is 8.55. The third-order valence-corrected chi connectivity index (χ3v) is 2.05. The molecule has 0 aromatic carbocycles. The Hall–Kier alpha value is -1.16. The van der Waals surface area contributed by atoms with Gasteiger partial charge in [0.1, 0.15) is 11.8 Å². The van der Waals surface area contributed by atoms with E-state index in [2.05, 4.69) is 10.3 Å². The molecule has 4 heteroatoms. The van der Waals surface area contributed by atoms with Crippen molar-refractivity contribution in [3.8, 4) is 0 Å². The van der Waals surface area contributed by atoms with Crippen molar-refractivity contribution in [1.82, 2.24) is 5.32 Å². The van der Waals surface area contributed by atoms with Crippen LogP contribution in [0.1, 0.15) is 0 Å². The van der Waals surface area contributed by atoms with Crippen LogP contribution in [-0.2, 0) is 4.74 Å². The van der Waals surface area contributed by atoms with E-state index in [4.69, 9.17) is 17.0 Å². The molecular formula is C8H8N2OS. The molecule has 12 heavy (non-hydrogen) atoms. The Kier molecular flexibility index (Phi) is 1.69. The number of nitrogens with zero attached hydrogens (tertiary/aromatic N) is 1. The van der Waals surface area contributed by atoms with Crippen molar-refractivity contribution in [1.29, 1.82) is 0 Å². The summed E-state index contributed by atoms with van der Waals surface area (Å²) in [6, 6.07) is 0.0347. The van der Waals surface area contributed by atoms with E-state index in [1.807, 2.05) is 18.2 Å². The maximum absolute atomic E-state index is 5.16. The number of hydrogen-bond donors (Lipinski definition) is 1. The summed E-state index contributed by atoms with van der Waals surface area (Å²) in [4.78, 5) is 4.14. The van der Waals surface area contributed by atoms with E-state index in [-0.39, 0.29) is 6.04 Å². The Balaban J connectivity index is 2.34. The summed E-state index contributed by atoms with van der Waals surface area (Å²) in [5, 5.41) is 3.57. The fourth-order valence-corrected chi connectivity index (χ4v) is 1.51. The van der Waals surface area contributed by atoms with Crippen LogP contribution in [0.2, 0.25) is 0 Å². The zero-order valence-electron chi connectivity index (χ0n) is 6.57. The predicted octanol–water partition coefficient (Wildman–Crippen LogP) is 0.784. The van der Waals surface area contributed by atoms with Gasteiger partial charge in [-0.2, -0.15) is 0 Å². The van der Waals surface area contributed by atoms with Gasteiger partial charge in [0.05, 0.1) is 12.8 Å². The molecule has 1 aliphatic heterocycles. The van der Waals surface area contributed by atoms with Gasteiger partial charge in [0.25, 0.3) is 0 Å². The number of nitrogens with one attached hydrogen (secondary N) is 1. The minimum Gasteiger partial charge on any atom is -0.498 e. The molecule has 1 atom stereocenters. The standard InChI is InChI=1S/C8H8N2OS/c1-11-6-4-2-3-5-7(6)10-8(12)9-5/h2-4,7H,1H3,(H,10,12). The van der Waals surface area contributed by atoms with Crippen LogP contribution < -0.4 is 5.32 Å². The maximum Gasteiger partial charge on any atom is 0.193 e. The van der Waals surface area contributed by atoms with E-state index in [0.29, 0.717) is 5.11 Å². The van der Waals surface area contributed by atoms with E-state index in [1.54, 1.807) is 7.11 Å². The van der Waals surface area contributed by atoms with E-state index in [9.17, 15) is 0 Å². The van der Waals surface area contributed by atoms with Crippen molar-refractivity contribution < 1.29 is 4.74 Å². The molecule has 1 aliphatic carbocycles. The lowest BCUT2D eigenvalue weighted by molar-refractivity contribution is 0.274. The zero-order valence-corrected chi connectivity index (χ0v) is 7.39. The third kappa shape index (κ3) is 1.04. The van der Waals surface area contributed by atoms with Crippen molar-refractivity contribution in [2.45, 2.75) is 6.04 Å². The van der Waals surface area contributed by atoms with Crippen LogP contribution in [0.25, 0.3) is 0 Å². The monoisotopic (exact) mass is 180 g/mol. The van der Waals surface area contributed by atoms with E-state index in [1.165, 1.54) is 0 Å². The molecule has 0 aromatic rings. The number of ether oxygens (including phenoxy) is 1. The average Bonchev–Trinajstić information content (AvgIpc) is 2.44. The van der Waals surface area contributed by atoms with Crippen LogP contribution in [0.15, 0.2) is 29.0 Å². The summed E-state index contributed by atoms with van der Waals surface area (Å²) in [5.41, 5.74) is 0.930. The van der Waals surface area contributed by atoms with Gasteiger partial charge in [-0.25, -0.2) is 4.99 Å². The van der Waals surface area contributed by atoms with Crippen molar-refractivity contribution in [2.24, 2.45) is 4.99 Å². The molecular weight excluding hydrogens is 172 g/mol. The first-order chi connectivity index (χ1) is 5.81. The molecule has 62 valence electrons. The number of methoxy groups -OCH3 is 1. The minimum absolute atomic E-state index is 0.0347. The SMILES string of the molecule is COC1=CC=CC2=NC(=S)NC12. The number of aliphatic imine (C=N–C) groups is 1. The topological polar surface area (TPSA) is 33.6 Å². The molecule has 1 heterocycles. The smallest absolute Gasteiger partial charge is 0.193 e. The van der Waals surface area contributed by atoms with Gasteiger partial charge in [0.2, 0.25) is 0 Å². The van der Waals surface area contributed by atoms with Gasteiger partial charge >= 0.3 is 0 Å². The summed E-state index contributed by atoms with van der Waals surface area (Å²) >= 11 is 4.92. The Labute approximate surface area is 75.8 Å². The fraction of sp³-hybridized carbons (Fsp3) is 0.250. The molecule has 0 saturated carbocycles. The van der Waals surface area contributed by atoms with Crippen molar-refractivity contribution >= 4 is 23.0 Å². The number of allylic oxidation sites excluding steroid dienone is 2. The highest BCUT2D eigenvalue weighted by molar-refractivity contribution is 7.80. The molecule has 1 N–H and O–H groups in total. The lowest BCUT2D eigenvalue weighted by atomic mass is 10.1. The number of thiocarbonyl (C=S) groups is 1. The van der Waals surface area contributed by atoms with Gasteiger partial charge < -0.3 is 10.1 Å². The van der Waals surface area contributed by atoms with Crippen LogP contribution in [0.4, 0.5) is 0 Å². The lowest BCUT2D eigenvalue weighted by Crippen LogP contribution is -2.34. The minimum atomic E-state index is 0.0347. The van der Waals surface area contributed by atoms with E-state index >= 15 is 0 Å². The normalized spacial score (nSPS) is 25.8. The molecule has 0 fully saturated rings. The van der Waals surface area contributed by atoms with E-state index < -0.39 is 0 Å². The Morgan fingerprint density at radius 1 is 1.67 bits per heavy atom. The highest BCUT2D eigenvalue weighted by atomic mass is 32.1. The van der Waals surface area contributed by atoms with Crippen LogP contribution in [-0.4, -0.2) is 24.0 Å².